The van der Waals surface area contributed by atoms with Gasteiger partial charge in [0.25, 0.3) is 5.91 Å². The third kappa shape index (κ3) is 4.58. The van der Waals surface area contributed by atoms with Crippen LogP contribution in [0.3, 0.4) is 0 Å². The smallest absolute Gasteiger partial charge is 0.257 e. The van der Waals surface area contributed by atoms with E-state index >= 15 is 0 Å². The van der Waals surface area contributed by atoms with Crippen LogP contribution < -0.4 is 14.8 Å². The normalized spacial score (nSPS) is 10.5. The number of hydrogen-bond donors (Lipinski definition) is 1. The molecule has 0 unspecified atom stereocenters. The highest BCUT2D eigenvalue weighted by molar-refractivity contribution is 7.15. The fourth-order valence-electron chi connectivity index (χ4n) is 2.04. The van der Waals surface area contributed by atoms with E-state index in [2.05, 4.69) is 22.4 Å². The maximum absolute atomic E-state index is 12.4. The summed E-state index contributed by atoms with van der Waals surface area (Å²) in [5, 5.41) is 12.5. The summed E-state index contributed by atoms with van der Waals surface area (Å²) in [5.41, 5.74) is 0.366. The first-order valence-corrected chi connectivity index (χ1v) is 8.92. The van der Waals surface area contributed by atoms with Crippen molar-refractivity contribution in [3.05, 3.63) is 27.7 Å². The number of anilines is 1. The zero-order valence-corrected chi connectivity index (χ0v) is 15.5. The minimum Gasteiger partial charge on any atom is -0.493 e. The lowest BCUT2D eigenvalue weighted by atomic mass is 10.2. The largest absolute Gasteiger partial charge is 0.493 e. The molecule has 130 valence electrons. The average molecular weight is 370 g/mol. The van der Waals surface area contributed by atoms with Gasteiger partial charge in [-0.15, -0.1) is 10.2 Å². The van der Waals surface area contributed by atoms with Crippen molar-refractivity contribution in [1.82, 2.24) is 10.2 Å². The number of methoxy groups -OCH3 is 1. The standard InChI is InChI=1S/C16H20ClN3O3S/c1-4-6-7-13-19-20-16(24-13)18-15(21)10-8-11(17)14(23-5-2)12(9-10)22-3/h8-9H,4-7H2,1-3H3,(H,18,20,21). The van der Waals surface area contributed by atoms with Crippen LogP contribution in [-0.2, 0) is 6.42 Å². The van der Waals surface area contributed by atoms with Crippen molar-refractivity contribution in [2.45, 2.75) is 33.1 Å². The molecule has 2 aromatic rings. The van der Waals surface area contributed by atoms with Crippen LogP contribution in [0, 0.1) is 0 Å². The molecule has 0 bridgehead atoms. The molecule has 0 aliphatic rings. The summed E-state index contributed by atoms with van der Waals surface area (Å²) >= 11 is 7.57. The van der Waals surface area contributed by atoms with E-state index in [4.69, 9.17) is 21.1 Å². The van der Waals surface area contributed by atoms with Gasteiger partial charge in [0.15, 0.2) is 11.5 Å². The molecular weight excluding hydrogens is 350 g/mol. The number of aryl methyl sites for hydroxylation is 1. The van der Waals surface area contributed by atoms with Crippen molar-refractivity contribution in [3.63, 3.8) is 0 Å². The third-order valence-corrected chi connectivity index (χ3v) is 4.39. The highest BCUT2D eigenvalue weighted by Gasteiger charge is 2.17. The van der Waals surface area contributed by atoms with Gasteiger partial charge >= 0.3 is 0 Å². The van der Waals surface area contributed by atoms with Gasteiger partial charge in [-0.3, -0.25) is 10.1 Å². The number of carbonyl (C=O) groups is 1. The molecule has 2 rings (SSSR count). The minimum atomic E-state index is -0.323. The first-order chi connectivity index (χ1) is 11.6. The van der Waals surface area contributed by atoms with Crippen LogP contribution in [0.1, 0.15) is 42.1 Å². The van der Waals surface area contributed by atoms with Gasteiger partial charge in [-0.25, -0.2) is 0 Å². The number of ether oxygens (including phenoxy) is 2. The number of carbonyl (C=O) groups excluding carboxylic acids is 1. The molecule has 0 radical (unpaired) electrons. The van der Waals surface area contributed by atoms with Gasteiger partial charge in [0.2, 0.25) is 5.13 Å². The lowest BCUT2D eigenvalue weighted by molar-refractivity contribution is 0.102. The van der Waals surface area contributed by atoms with E-state index in [0.717, 1.165) is 24.3 Å². The van der Waals surface area contributed by atoms with Crippen molar-refractivity contribution in [2.75, 3.05) is 19.0 Å². The maximum Gasteiger partial charge on any atom is 0.257 e. The van der Waals surface area contributed by atoms with Gasteiger partial charge in [0, 0.05) is 12.0 Å². The summed E-state index contributed by atoms with van der Waals surface area (Å²) in [4.78, 5) is 12.4. The van der Waals surface area contributed by atoms with E-state index in [1.165, 1.54) is 18.4 Å². The summed E-state index contributed by atoms with van der Waals surface area (Å²) in [5.74, 6) is 0.517. The highest BCUT2D eigenvalue weighted by atomic mass is 35.5. The van der Waals surface area contributed by atoms with Gasteiger partial charge in [-0.1, -0.05) is 36.3 Å². The predicted octanol–water partition coefficient (Wildman–Crippen LogP) is 4.19. The van der Waals surface area contributed by atoms with Crippen LogP contribution in [0.4, 0.5) is 5.13 Å². The number of halogens is 1. The Balaban J connectivity index is 2.14. The monoisotopic (exact) mass is 369 g/mol. The number of rotatable bonds is 8. The van der Waals surface area contributed by atoms with Crippen molar-refractivity contribution in [3.8, 4) is 11.5 Å². The molecule has 0 aliphatic carbocycles. The molecule has 0 fully saturated rings. The second kappa shape index (κ2) is 8.84. The lowest BCUT2D eigenvalue weighted by Crippen LogP contribution is -2.12. The Bertz CT molecular complexity index is 706. The molecule has 6 nitrogen and oxygen atoms in total. The Labute approximate surface area is 150 Å². The lowest BCUT2D eigenvalue weighted by Gasteiger charge is -2.12. The summed E-state index contributed by atoms with van der Waals surface area (Å²) in [7, 11) is 1.50. The summed E-state index contributed by atoms with van der Waals surface area (Å²) in [6.45, 7) is 4.42. The van der Waals surface area contributed by atoms with E-state index < -0.39 is 0 Å². The molecule has 1 heterocycles. The summed E-state index contributed by atoms with van der Waals surface area (Å²) in [6.07, 6.45) is 3.01. The van der Waals surface area contributed by atoms with Gasteiger partial charge in [-0.05, 0) is 25.5 Å². The number of nitrogens with zero attached hydrogens (tertiary/aromatic N) is 2. The number of nitrogens with one attached hydrogen (secondary N) is 1. The Morgan fingerprint density at radius 3 is 2.79 bits per heavy atom. The number of unbranched alkanes of at least 4 members (excludes halogenated alkanes) is 1. The van der Waals surface area contributed by atoms with Crippen molar-refractivity contribution in [2.24, 2.45) is 0 Å². The van der Waals surface area contributed by atoms with Crippen molar-refractivity contribution in [1.29, 1.82) is 0 Å². The molecule has 0 spiro atoms. The quantitative estimate of drug-likeness (QED) is 0.755. The van der Waals surface area contributed by atoms with Crippen LogP contribution in [0.25, 0.3) is 0 Å². The van der Waals surface area contributed by atoms with E-state index in [1.54, 1.807) is 12.1 Å². The maximum atomic E-state index is 12.4. The van der Waals surface area contributed by atoms with Crippen LogP contribution in [0.15, 0.2) is 12.1 Å². The van der Waals surface area contributed by atoms with Gasteiger partial charge in [0.05, 0.1) is 18.7 Å². The van der Waals surface area contributed by atoms with E-state index in [0.29, 0.717) is 33.8 Å². The molecule has 0 aliphatic heterocycles. The molecule has 1 aromatic carbocycles. The van der Waals surface area contributed by atoms with Gasteiger partial charge in [0.1, 0.15) is 5.01 Å². The molecule has 24 heavy (non-hydrogen) atoms. The first kappa shape index (κ1) is 18.5. The molecule has 1 N–H and O–H groups in total. The molecule has 1 aromatic heterocycles. The molecule has 8 heteroatoms. The number of amides is 1. The SMILES string of the molecule is CCCCc1nnc(NC(=O)c2cc(Cl)c(OCC)c(OC)c2)s1. The topological polar surface area (TPSA) is 73.3 Å². The zero-order valence-electron chi connectivity index (χ0n) is 13.9. The van der Waals surface area contributed by atoms with E-state index in [1.807, 2.05) is 6.92 Å². The molecular formula is C16H20ClN3O3S. The number of aromatic nitrogens is 2. The third-order valence-electron chi connectivity index (χ3n) is 3.21. The molecule has 0 saturated heterocycles. The van der Waals surface area contributed by atoms with Crippen LogP contribution >= 0.6 is 22.9 Å². The Kier molecular flexibility index (Phi) is 6.81. The van der Waals surface area contributed by atoms with Gasteiger partial charge < -0.3 is 9.47 Å². The van der Waals surface area contributed by atoms with E-state index in [9.17, 15) is 4.79 Å². The minimum absolute atomic E-state index is 0.322. The van der Waals surface area contributed by atoms with Crippen molar-refractivity contribution >= 4 is 34.0 Å². The Morgan fingerprint density at radius 1 is 1.33 bits per heavy atom. The first-order valence-electron chi connectivity index (χ1n) is 7.73. The fourth-order valence-corrected chi connectivity index (χ4v) is 3.08. The van der Waals surface area contributed by atoms with Crippen LogP contribution in [0.2, 0.25) is 5.02 Å². The van der Waals surface area contributed by atoms with Gasteiger partial charge in [-0.2, -0.15) is 0 Å². The molecule has 0 saturated carbocycles. The molecule has 0 atom stereocenters. The van der Waals surface area contributed by atoms with E-state index in [-0.39, 0.29) is 5.91 Å². The number of benzene rings is 1. The predicted molar refractivity (Wildman–Crippen MR) is 95.6 cm³/mol. The fraction of sp³-hybridized carbons (Fsp3) is 0.438. The van der Waals surface area contributed by atoms with Crippen molar-refractivity contribution < 1.29 is 14.3 Å². The second-order valence-electron chi connectivity index (χ2n) is 4.98. The van der Waals surface area contributed by atoms with Crippen LogP contribution in [-0.4, -0.2) is 29.8 Å². The Hall–Kier alpha value is -1.86. The Morgan fingerprint density at radius 2 is 2.12 bits per heavy atom. The molecule has 1 amide bonds. The van der Waals surface area contributed by atoms with Crippen LogP contribution in [0.5, 0.6) is 11.5 Å². The summed E-state index contributed by atoms with van der Waals surface area (Å²) in [6, 6.07) is 3.13. The average Bonchev–Trinajstić information content (AvgIpc) is 3.01. The highest BCUT2D eigenvalue weighted by Crippen LogP contribution is 2.36. The summed E-state index contributed by atoms with van der Waals surface area (Å²) < 4.78 is 10.7. The second-order valence-corrected chi connectivity index (χ2v) is 6.45. The zero-order chi connectivity index (χ0) is 17.5. The number of hydrogen-bond acceptors (Lipinski definition) is 6.